The lowest BCUT2D eigenvalue weighted by Gasteiger charge is -2.09. The molecular formula is C21H17N3O3. The Bertz CT molecular complexity index is 1100. The van der Waals surface area contributed by atoms with Gasteiger partial charge in [-0.15, -0.1) is 0 Å². The Labute approximate surface area is 155 Å². The van der Waals surface area contributed by atoms with E-state index in [-0.39, 0.29) is 12.5 Å². The van der Waals surface area contributed by atoms with Crippen molar-refractivity contribution in [3.63, 3.8) is 0 Å². The molecular weight excluding hydrogens is 342 g/mol. The predicted molar refractivity (Wildman–Crippen MR) is 103 cm³/mol. The summed E-state index contributed by atoms with van der Waals surface area (Å²) in [4.78, 5) is 16.4. The van der Waals surface area contributed by atoms with Gasteiger partial charge in [0.15, 0.2) is 6.61 Å². The molecule has 6 nitrogen and oxygen atoms in total. The van der Waals surface area contributed by atoms with E-state index in [4.69, 9.17) is 9.26 Å². The van der Waals surface area contributed by atoms with Gasteiger partial charge in [-0.3, -0.25) is 4.79 Å². The number of benzene rings is 3. The summed E-state index contributed by atoms with van der Waals surface area (Å²) in [5.41, 5.74) is 1.40. The van der Waals surface area contributed by atoms with Gasteiger partial charge in [-0.2, -0.15) is 4.98 Å². The molecule has 134 valence electrons. The Kier molecular flexibility index (Phi) is 4.53. The maximum Gasteiger partial charge on any atom is 0.262 e. The van der Waals surface area contributed by atoms with Gasteiger partial charge in [0, 0.05) is 18.2 Å². The van der Waals surface area contributed by atoms with Crippen LogP contribution in [-0.2, 0) is 4.79 Å². The summed E-state index contributed by atoms with van der Waals surface area (Å²) in [7, 11) is 0. The molecule has 3 aromatic carbocycles. The lowest BCUT2D eigenvalue weighted by atomic mass is 10.1. The predicted octanol–water partition coefficient (Wildman–Crippen LogP) is 4.22. The van der Waals surface area contributed by atoms with Crippen LogP contribution in [-0.4, -0.2) is 22.7 Å². The van der Waals surface area contributed by atoms with Crippen LogP contribution in [0.2, 0.25) is 0 Å². The number of hydrogen-bond acceptors (Lipinski definition) is 5. The highest BCUT2D eigenvalue weighted by molar-refractivity contribution is 5.92. The first-order valence-corrected chi connectivity index (χ1v) is 8.49. The average molecular weight is 359 g/mol. The number of aromatic nitrogens is 2. The van der Waals surface area contributed by atoms with Crippen molar-refractivity contribution in [2.24, 2.45) is 0 Å². The lowest BCUT2D eigenvalue weighted by molar-refractivity contribution is -0.118. The van der Waals surface area contributed by atoms with Crippen molar-refractivity contribution in [1.29, 1.82) is 0 Å². The van der Waals surface area contributed by atoms with E-state index in [1.165, 1.54) is 0 Å². The smallest absolute Gasteiger partial charge is 0.262 e. The fourth-order valence-electron chi connectivity index (χ4n) is 2.76. The van der Waals surface area contributed by atoms with E-state index in [1.807, 2.05) is 54.6 Å². The van der Waals surface area contributed by atoms with Crippen LogP contribution < -0.4 is 10.1 Å². The van der Waals surface area contributed by atoms with Crippen molar-refractivity contribution >= 4 is 22.4 Å². The molecule has 4 rings (SSSR count). The Morgan fingerprint density at radius 2 is 1.89 bits per heavy atom. The molecule has 0 atom stereocenters. The van der Waals surface area contributed by atoms with Gasteiger partial charge in [0.2, 0.25) is 11.7 Å². The first-order chi connectivity index (χ1) is 13.2. The molecule has 0 saturated carbocycles. The van der Waals surface area contributed by atoms with Crippen molar-refractivity contribution in [3.05, 3.63) is 72.6 Å². The van der Waals surface area contributed by atoms with Crippen molar-refractivity contribution in [2.45, 2.75) is 6.92 Å². The van der Waals surface area contributed by atoms with Crippen molar-refractivity contribution in [3.8, 4) is 17.1 Å². The molecule has 1 heterocycles. The fraction of sp³-hybridized carbons (Fsp3) is 0.0952. The third-order valence-electron chi connectivity index (χ3n) is 4.02. The van der Waals surface area contributed by atoms with Crippen LogP contribution in [0.3, 0.4) is 0 Å². The number of ether oxygens (including phenoxy) is 1. The van der Waals surface area contributed by atoms with Gasteiger partial charge < -0.3 is 14.6 Å². The second-order valence-electron chi connectivity index (χ2n) is 6.06. The Morgan fingerprint density at radius 3 is 2.70 bits per heavy atom. The molecule has 1 aromatic heterocycles. The number of hydrogen-bond donors (Lipinski definition) is 1. The van der Waals surface area contributed by atoms with Crippen molar-refractivity contribution in [1.82, 2.24) is 10.1 Å². The number of anilines is 1. The highest BCUT2D eigenvalue weighted by Crippen LogP contribution is 2.21. The highest BCUT2D eigenvalue weighted by Gasteiger charge is 2.09. The van der Waals surface area contributed by atoms with Crippen LogP contribution in [0, 0.1) is 6.92 Å². The van der Waals surface area contributed by atoms with Gasteiger partial charge in [-0.25, -0.2) is 0 Å². The van der Waals surface area contributed by atoms with E-state index >= 15 is 0 Å². The summed E-state index contributed by atoms with van der Waals surface area (Å²) in [6.07, 6.45) is 0. The second kappa shape index (κ2) is 7.29. The van der Waals surface area contributed by atoms with Gasteiger partial charge in [-0.1, -0.05) is 47.6 Å². The number of carbonyl (C=O) groups excluding carboxylic acids is 1. The third-order valence-corrected chi connectivity index (χ3v) is 4.02. The summed E-state index contributed by atoms with van der Waals surface area (Å²) in [5.74, 6) is 1.38. The average Bonchev–Trinajstić information content (AvgIpc) is 3.13. The van der Waals surface area contributed by atoms with Crippen LogP contribution in [0.1, 0.15) is 5.89 Å². The monoisotopic (exact) mass is 359 g/mol. The molecule has 0 aliphatic carbocycles. The minimum absolute atomic E-state index is 0.0795. The Hall–Kier alpha value is -3.67. The van der Waals surface area contributed by atoms with Gasteiger partial charge in [0.1, 0.15) is 5.75 Å². The van der Waals surface area contributed by atoms with Gasteiger partial charge in [-0.05, 0) is 35.0 Å². The minimum atomic E-state index is -0.246. The molecule has 1 amide bonds. The number of carbonyl (C=O) groups is 1. The number of nitrogens with zero attached hydrogens (tertiary/aromatic N) is 2. The molecule has 6 heteroatoms. The number of aryl methyl sites for hydroxylation is 1. The van der Waals surface area contributed by atoms with E-state index < -0.39 is 0 Å². The zero-order valence-corrected chi connectivity index (χ0v) is 14.7. The molecule has 0 bridgehead atoms. The standard InChI is InChI=1S/C21H17N3O3/c1-14-22-21(24-27-14)17-7-4-8-18(11-17)23-20(25)13-26-19-10-9-15-5-2-3-6-16(15)12-19/h2-12H,13H2,1H3,(H,23,25). The lowest BCUT2D eigenvalue weighted by Crippen LogP contribution is -2.20. The fourth-order valence-corrected chi connectivity index (χ4v) is 2.76. The molecule has 0 saturated heterocycles. The van der Waals surface area contributed by atoms with Gasteiger partial charge in [0.25, 0.3) is 5.91 Å². The maximum atomic E-state index is 12.2. The molecule has 0 aliphatic rings. The van der Waals surface area contributed by atoms with Crippen LogP contribution in [0.15, 0.2) is 71.3 Å². The van der Waals surface area contributed by atoms with E-state index in [0.717, 1.165) is 16.3 Å². The number of rotatable bonds is 5. The summed E-state index contributed by atoms with van der Waals surface area (Å²) < 4.78 is 10.6. The zero-order chi connectivity index (χ0) is 18.6. The summed E-state index contributed by atoms with van der Waals surface area (Å²) in [6, 6.07) is 21.0. The normalized spacial score (nSPS) is 10.7. The minimum Gasteiger partial charge on any atom is -0.484 e. The molecule has 1 N–H and O–H groups in total. The largest absolute Gasteiger partial charge is 0.484 e. The molecule has 4 aromatic rings. The molecule has 0 unspecified atom stereocenters. The second-order valence-corrected chi connectivity index (χ2v) is 6.06. The van der Waals surface area contributed by atoms with Crippen molar-refractivity contribution in [2.75, 3.05) is 11.9 Å². The third kappa shape index (κ3) is 3.95. The molecule has 0 radical (unpaired) electrons. The molecule has 27 heavy (non-hydrogen) atoms. The number of amides is 1. The molecule has 0 aliphatic heterocycles. The van der Waals surface area contributed by atoms with Gasteiger partial charge in [0.05, 0.1) is 0 Å². The summed E-state index contributed by atoms with van der Waals surface area (Å²) in [6.45, 7) is 1.65. The number of nitrogens with one attached hydrogen (secondary N) is 1. The van der Waals surface area contributed by atoms with E-state index in [1.54, 1.807) is 19.1 Å². The number of fused-ring (bicyclic) bond motifs is 1. The first kappa shape index (κ1) is 16.8. The first-order valence-electron chi connectivity index (χ1n) is 8.49. The van der Waals surface area contributed by atoms with E-state index in [0.29, 0.717) is 23.2 Å². The summed E-state index contributed by atoms with van der Waals surface area (Å²) >= 11 is 0. The van der Waals surface area contributed by atoms with E-state index in [9.17, 15) is 4.79 Å². The SMILES string of the molecule is Cc1nc(-c2cccc(NC(=O)COc3ccc4ccccc4c3)c2)no1. The Balaban J connectivity index is 1.40. The maximum absolute atomic E-state index is 12.2. The zero-order valence-electron chi connectivity index (χ0n) is 14.7. The summed E-state index contributed by atoms with van der Waals surface area (Å²) in [5, 5.41) is 8.90. The quantitative estimate of drug-likeness (QED) is 0.577. The van der Waals surface area contributed by atoms with Crippen LogP contribution in [0.4, 0.5) is 5.69 Å². The Morgan fingerprint density at radius 1 is 1.04 bits per heavy atom. The molecule has 0 spiro atoms. The van der Waals surface area contributed by atoms with Crippen LogP contribution >= 0.6 is 0 Å². The topological polar surface area (TPSA) is 77.2 Å². The highest BCUT2D eigenvalue weighted by atomic mass is 16.5. The van der Waals surface area contributed by atoms with Crippen molar-refractivity contribution < 1.29 is 14.1 Å². The molecule has 0 fully saturated rings. The van der Waals surface area contributed by atoms with Gasteiger partial charge >= 0.3 is 0 Å². The van der Waals surface area contributed by atoms with Crippen LogP contribution in [0.5, 0.6) is 5.75 Å². The van der Waals surface area contributed by atoms with E-state index in [2.05, 4.69) is 15.5 Å². The van der Waals surface area contributed by atoms with Crippen LogP contribution in [0.25, 0.3) is 22.2 Å².